The Morgan fingerprint density at radius 3 is 2.47 bits per heavy atom. The minimum atomic E-state index is 0.0386. The van der Waals surface area contributed by atoms with Crippen LogP contribution in [-0.4, -0.2) is 64.6 Å². The number of halogens is 3. The molecule has 190 valence electrons. The second-order valence-electron chi connectivity index (χ2n) is 9.96. The number of aliphatic hydroxyl groups excluding tert-OH is 1. The van der Waals surface area contributed by atoms with Crippen molar-refractivity contribution in [3.63, 3.8) is 0 Å². The number of fused-ring (bicyclic) bond motifs is 1. The van der Waals surface area contributed by atoms with Crippen LogP contribution in [0.5, 0.6) is 0 Å². The Kier molecular flexibility index (Phi) is 8.04. The van der Waals surface area contributed by atoms with Gasteiger partial charge in [-0.05, 0) is 80.0 Å². The smallest absolute Gasteiger partial charge is 0.254 e. The van der Waals surface area contributed by atoms with Gasteiger partial charge in [0.15, 0.2) is 0 Å². The number of carbonyl (C=O) groups excluding carboxylic acids is 1. The summed E-state index contributed by atoms with van der Waals surface area (Å²) in [7, 11) is 0. The zero-order valence-electron chi connectivity index (χ0n) is 20.0. The minimum absolute atomic E-state index is 0.0386. The van der Waals surface area contributed by atoms with E-state index in [1.54, 1.807) is 12.3 Å². The van der Waals surface area contributed by atoms with Crippen molar-refractivity contribution in [2.45, 2.75) is 31.7 Å². The van der Waals surface area contributed by atoms with Gasteiger partial charge in [0.05, 0.1) is 20.6 Å². The predicted octanol–water partition coefficient (Wildman–Crippen LogP) is 5.97. The second kappa shape index (κ2) is 11.2. The first-order valence-electron chi connectivity index (χ1n) is 12.6. The van der Waals surface area contributed by atoms with Gasteiger partial charge in [-0.1, -0.05) is 46.9 Å². The fourth-order valence-corrected chi connectivity index (χ4v) is 6.35. The standard InChI is InChI=1S/C28H30Cl3N3O2/c29-24-5-3-18(15-26(24)31)14-19-7-11-34(16-20(19)17-35)21-8-12-33(13-9-21)28(36)23-4-6-25(30)27-22(23)2-1-10-32-27/h1-6,10,15,19-21,35H,7-9,11-14,16-17H2/t19-,20+/m1/s1. The molecule has 0 aliphatic carbocycles. The van der Waals surface area contributed by atoms with Crippen LogP contribution in [0.15, 0.2) is 48.7 Å². The summed E-state index contributed by atoms with van der Waals surface area (Å²) in [6.07, 6.45) is 5.50. The van der Waals surface area contributed by atoms with Crippen molar-refractivity contribution in [2.75, 3.05) is 32.8 Å². The molecule has 3 heterocycles. The van der Waals surface area contributed by atoms with E-state index in [0.29, 0.717) is 38.1 Å². The third-order valence-electron chi connectivity index (χ3n) is 7.86. The molecule has 8 heteroatoms. The predicted molar refractivity (Wildman–Crippen MR) is 146 cm³/mol. The molecule has 2 saturated heterocycles. The normalized spacial score (nSPS) is 21.7. The van der Waals surface area contributed by atoms with Crippen LogP contribution >= 0.6 is 34.8 Å². The zero-order valence-corrected chi connectivity index (χ0v) is 22.3. The maximum Gasteiger partial charge on any atom is 0.254 e. The van der Waals surface area contributed by atoms with Gasteiger partial charge in [-0.25, -0.2) is 0 Å². The van der Waals surface area contributed by atoms with Crippen LogP contribution < -0.4 is 0 Å². The van der Waals surface area contributed by atoms with Crippen molar-refractivity contribution >= 4 is 51.6 Å². The van der Waals surface area contributed by atoms with Crippen molar-refractivity contribution in [1.29, 1.82) is 0 Å². The average molecular weight is 547 g/mol. The number of rotatable bonds is 5. The van der Waals surface area contributed by atoms with Crippen LogP contribution in [0.2, 0.25) is 15.1 Å². The van der Waals surface area contributed by atoms with Crippen molar-refractivity contribution in [3.05, 3.63) is 74.9 Å². The van der Waals surface area contributed by atoms with E-state index in [4.69, 9.17) is 34.8 Å². The van der Waals surface area contributed by atoms with Crippen LogP contribution in [0, 0.1) is 11.8 Å². The summed E-state index contributed by atoms with van der Waals surface area (Å²) in [5.74, 6) is 0.675. The van der Waals surface area contributed by atoms with E-state index in [1.807, 2.05) is 41.3 Å². The molecule has 0 radical (unpaired) electrons. The van der Waals surface area contributed by atoms with Gasteiger partial charge in [-0.3, -0.25) is 14.7 Å². The van der Waals surface area contributed by atoms with Crippen LogP contribution in [0.1, 0.15) is 35.2 Å². The van der Waals surface area contributed by atoms with Crippen molar-refractivity contribution in [1.82, 2.24) is 14.8 Å². The molecule has 0 saturated carbocycles. The zero-order chi connectivity index (χ0) is 25.2. The SMILES string of the molecule is O=C(c1ccc(Cl)c2ncccc12)N1CCC(N2CC[C@H](Cc3ccc(Cl)c(Cl)c3)[C@H](CO)C2)CC1. The Morgan fingerprint density at radius 2 is 1.72 bits per heavy atom. The van der Waals surface area contributed by atoms with Crippen molar-refractivity contribution in [2.24, 2.45) is 11.8 Å². The third-order valence-corrected chi connectivity index (χ3v) is 8.90. The number of benzene rings is 2. The van der Waals surface area contributed by atoms with E-state index in [1.165, 1.54) is 0 Å². The van der Waals surface area contributed by atoms with E-state index < -0.39 is 0 Å². The molecular formula is C28H30Cl3N3O2. The van der Waals surface area contributed by atoms with Crippen LogP contribution in [0.25, 0.3) is 10.9 Å². The highest BCUT2D eigenvalue weighted by Gasteiger charge is 2.34. The van der Waals surface area contributed by atoms with Gasteiger partial charge >= 0.3 is 0 Å². The minimum Gasteiger partial charge on any atom is -0.396 e. The van der Waals surface area contributed by atoms with Crippen LogP contribution in [-0.2, 0) is 6.42 Å². The number of pyridine rings is 1. The molecule has 2 aromatic carbocycles. The first-order valence-corrected chi connectivity index (χ1v) is 13.7. The molecule has 0 bridgehead atoms. The number of amides is 1. The van der Waals surface area contributed by atoms with Gasteiger partial charge in [-0.15, -0.1) is 0 Å². The summed E-state index contributed by atoms with van der Waals surface area (Å²) < 4.78 is 0. The molecule has 0 unspecified atom stereocenters. The number of aliphatic hydroxyl groups is 1. The number of hydrogen-bond acceptors (Lipinski definition) is 4. The maximum absolute atomic E-state index is 13.4. The lowest BCUT2D eigenvalue weighted by molar-refractivity contribution is 0.0242. The second-order valence-corrected chi connectivity index (χ2v) is 11.2. The van der Waals surface area contributed by atoms with E-state index in [9.17, 15) is 9.90 Å². The molecule has 2 fully saturated rings. The summed E-state index contributed by atoms with van der Waals surface area (Å²) in [6.45, 7) is 3.52. The maximum atomic E-state index is 13.4. The van der Waals surface area contributed by atoms with E-state index in [-0.39, 0.29) is 18.4 Å². The van der Waals surface area contributed by atoms with Gasteiger partial charge in [0.2, 0.25) is 0 Å². The summed E-state index contributed by atoms with van der Waals surface area (Å²) in [6, 6.07) is 13.6. The average Bonchev–Trinajstić information content (AvgIpc) is 2.91. The molecule has 3 aromatic rings. The molecule has 2 aliphatic rings. The number of carbonyl (C=O) groups is 1. The molecular weight excluding hydrogens is 517 g/mol. The molecule has 0 spiro atoms. The molecule has 5 rings (SSSR count). The lowest BCUT2D eigenvalue weighted by Gasteiger charge is -2.44. The monoisotopic (exact) mass is 545 g/mol. The number of nitrogens with zero attached hydrogens (tertiary/aromatic N) is 3. The Hall–Kier alpha value is -1.89. The fraction of sp³-hybridized carbons (Fsp3) is 0.429. The highest BCUT2D eigenvalue weighted by atomic mass is 35.5. The Labute approximate surface area is 227 Å². The first kappa shape index (κ1) is 25.7. The third kappa shape index (κ3) is 5.36. The molecule has 1 amide bonds. The van der Waals surface area contributed by atoms with Gasteiger partial charge in [0.25, 0.3) is 5.91 Å². The number of aromatic nitrogens is 1. The molecule has 2 atom stereocenters. The fourth-order valence-electron chi connectivity index (χ4n) is 5.81. The summed E-state index contributed by atoms with van der Waals surface area (Å²) >= 11 is 18.6. The largest absolute Gasteiger partial charge is 0.396 e. The lowest BCUT2D eigenvalue weighted by atomic mass is 9.80. The molecule has 1 N–H and O–H groups in total. The van der Waals surface area contributed by atoms with E-state index >= 15 is 0 Å². The van der Waals surface area contributed by atoms with E-state index in [0.717, 1.165) is 62.8 Å². The Bertz CT molecular complexity index is 1250. The van der Waals surface area contributed by atoms with Gasteiger partial charge in [0, 0.05) is 49.4 Å². The molecule has 5 nitrogen and oxygen atoms in total. The highest BCUT2D eigenvalue weighted by molar-refractivity contribution is 6.42. The quantitative estimate of drug-likeness (QED) is 0.428. The Morgan fingerprint density at radius 1 is 0.944 bits per heavy atom. The molecule has 2 aliphatic heterocycles. The highest BCUT2D eigenvalue weighted by Crippen LogP contribution is 2.33. The first-order chi connectivity index (χ1) is 17.4. The molecule has 1 aromatic heterocycles. The summed E-state index contributed by atoms with van der Waals surface area (Å²) in [5, 5.41) is 12.7. The number of likely N-dealkylation sites (tertiary alicyclic amines) is 2. The van der Waals surface area contributed by atoms with Crippen LogP contribution in [0.3, 0.4) is 0 Å². The summed E-state index contributed by atoms with van der Waals surface area (Å²) in [4.78, 5) is 22.2. The summed E-state index contributed by atoms with van der Waals surface area (Å²) in [5.41, 5.74) is 2.49. The number of piperidine rings is 2. The molecule has 36 heavy (non-hydrogen) atoms. The topological polar surface area (TPSA) is 56.7 Å². The van der Waals surface area contributed by atoms with Gasteiger partial charge in [-0.2, -0.15) is 0 Å². The van der Waals surface area contributed by atoms with Crippen molar-refractivity contribution in [3.8, 4) is 0 Å². The van der Waals surface area contributed by atoms with Gasteiger partial charge in [0.1, 0.15) is 0 Å². The van der Waals surface area contributed by atoms with Gasteiger partial charge < -0.3 is 10.0 Å². The number of hydrogen-bond donors (Lipinski definition) is 1. The van der Waals surface area contributed by atoms with E-state index in [2.05, 4.69) is 9.88 Å². The van der Waals surface area contributed by atoms with Crippen LogP contribution in [0.4, 0.5) is 0 Å². The Balaban J connectivity index is 1.19. The van der Waals surface area contributed by atoms with Crippen molar-refractivity contribution < 1.29 is 9.90 Å². The lowest BCUT2D eigenvalue weighted by Crippen LogP contribution is -2.52.